The third-order valence-corrected chi connectivity index (χ3v) is 2.97. The Hall–Kier alpha value is -1.09. The van der Waals surface area contributed by atoms with E-state index >= 15 is 0 Å². The number of carbonyl (C=O) groups is 1. The van der Waals surface area contributed by atoms with Gasteiger partial charge >= 0.3 is 5.97 Å². The molecule has 1 atom stereocenters. The van der Waals surface area contributed by atoms with E-state index in [2.05, 4.69) is 0 Å². The van der Waals surface area contributed by atoms with E-state index < -0.39 is 17.7 Å². The molecule has 1 rings (SSSR count). The van der Waals surface area contributed by atoms with Crippen LogP contribution in [-0.4, -0.2) is 11.1 Å². The zero-order chi connectivity index (χ0) is 11.7. The average molecular weight is 231 g/mol. The highest BCUT2D eigenvalue weighted by Crippen LogP contribution is 2.32. The summed E-state index contributed by atoms with van der Waals surface area (Å²) in [6.45, 7) is 4.97. The van der Waals surface area contributed by atoms with Crippen molar-refractivity contribution in [3.05, 3.63) is 33.6 Å². The largest absolute Gasteiger partial charge is 0.481 e. The van der Waals surface area contributed by atoms with E-state index in [0.717, 1.165) is 5.56 Å². The van der Waals surface area contributed by atoms with Gasteiger partial charge in [0.05, 0.1) is 10.9 Å². The molecule has 0 fully saturated rings. The maximum Gasteiger partial charge on any atom is 0.310 e. The molecule has 82 valence electrons. The summed E-state index contributed by atoms with van der Waals surface area (Å²) in [6, 6.07) is 1.32. The number of rotatable bonds is 2. The lowest BCUT2D eigenvalue weighted by Gasteiger charge is -2.15. The van der Waals surface area contributed by atoms with E-state index in [9.17, 15) is 9.18 Å². The lowest BCUT2D eigenvalue weighted by molar-refractivity contribution is -0.138. The van der Waals surface area contributed by atoms with Gasteiger partial charge in [-0.25, -0.2) is 4.39 Å². The SMILES string of the molecule is Cc1cc(F)c(Cl)c(C(C)C(=O)O)c1C. The molecule has 0 aliphatic carbocycles. The first-order valence-corrected chi connectivity index (χ1v) is 4.92. The Morgan fingerprint density at radius 3 is 2.53 bits per heavy atom. The molecule has 1 aromatic carbocycles. The fourth-order valence-corrected chi connectivity index (χ4v) is 1.87. The van der Waals surface area contributed by atoms with Gasteiger partial charge in [0.1, 0.15) is 5.82 Å². The molecule has 0 aromatic heterocycles. The van der Waals surface area contributed by atoms with Crippen molar-refractivity contribution < 1.29 is 14.3 Å². The third kappa shape index (κ3) is 2.12. The lowest BCUT2D eigenvalue weighted by Crippen LogP contribution is -2.11. The molecule has 0 bridgehead atoms. The summed E-state index contributed by atoms with van der Waals surface area (Å²) in [4.78, 5) is 10.8. The Bertz CT molecular complexity index is 389. The molecule has 0 saturated carbocycles. The molecule has 1 aromatic rings. The van der Waals surface area contributed by atoms with Crippen LogP contribution in [0.25, 0.3) is 0 Å². The molecule has 4 heteroatoms. The van der Waals surface area contributed by atoms with Crippen LogP contribution in [0, 0.1) is 19.7 Å². The highest BCUT2D eigenvalue weighted by molar-refractivity contribution is 6.32. The summed E-state index contributed by atoms with van der Waals surface area (Å²) in [5.41, 5.74) is 1.80. The first kappa shape index (κ1) is 12.0. The highest BCUT2D eigenvalue weighted by Gasteiger charge is 2.22. The number of halogens is 2. The maximum atomic E-state index is 13.3. The predicted octanol–water partition coefficient (Wildman–Crippen LogP) is 3.28. The van der Waals surface area contributed by atoms with E-state index in [1.807, 2.05) is 0 Å². The summed E-state index contributed by atoms with van der Waals surface area (Å²) in [5.74, 6) is -2.38. The lowest BCUT2D eigenvalue weighted by atomic mass is 9.93. The molecule has 1 unspecified atom stereocenters. The van der Waals surface area contributed by atoms with Crippen LogP contribution in [0.3, 0.4) is 0 Å². The van der Waals surface area contributed by atoms with Crippen LogP contribution in [0.1, 0.15) is 29.5 Å². The predicted molar refractivity (Wildman–Crippen MR) is 56.9 cm³/mol. The van der Waals surface area contributed by atoms with Gasteiger partial charge in [-0.2, -0.15) is 0 Å². The zero-order valence-corrected chi connectivity index (χ0v) is 9.52. The number of carboxylic acids is 1. The summed E-state index contributed by atoms with van der Waals surface area (Å²) in [7, 11) is 0. The number of carboxylic acid groups (broad SMARTS) is 1. The summed E-state index contributed by atoms with van der Waals surface area (Å²) >= 11 is 5.77. The minimum Gasteiger partial charge on any atom is -0.481 e. The van der Waals surface area contributed by atoms with Crippen molar-refractivity contribution in [2.45, 2.75) is 26.7 Å². The van der Waals surface area contributed by atoms with Crippen LogP contribution in [0.5, 0.6) is 0 Å². The van der Waals surface area contributed by atoms with Crippen LogP contribution in [0.4, 0.5) is 4.39 Å². The Kier molecular flexibility index (Phi) is 3.35. The topological polar surface area (TPSA) is 37.3 Å². The Morgan fingerprint density at radius 1 is 1.53 bits per heavy atom. The number of hydrogen-bond donors (Lipinski definition) is 1. The second-order valence-corrected chi connectivity index (χ2v) is 3.97. The van der Waals surface area contributed by atoms with Gasteiger partial charge in [-0.3, -0.25) is 4.79 Å². The molecule has 0 saturated heterocycles. The van der Waals surface area contributed by atoms with Crippen molar-refractivity contribution in [3.8, 4) is 0 Å². The van der Waals surface area contributed by atoms with Crippen LogP contribution < -0.4 is 0 Å². The smallest absolute Gasteiger partial charge is 0.310 e. The van der Waals surface area contributed by atoms with Gasteiger partial charge in [-0.1, -0.05) is 11.6 Å². The van der Waals surface area contributed by atoms with Crippen molar-refractivity contribution in [1.82, 2.24) is 0 Å². The first-order valence-electron chi connectivity index (χ1n) is 4.54. The second-order valence-electron chi connectivity index (χ2n) is 3.59. The molecule has 0 heterocycles. The Morgan fingerprint density at radius 2 is 2.07 bits per heavy atom. The summed E-state index contributed by atoms with van der Waals surface area (Å²) < 4.78 is 13.3. The van der Waals surface area contributed by atoms with Gasteiger partial charge in [-0.05, 0) is 43.5 Å². The summed E-state index contributed by atoms with van der Waals surface area (Å²) in [5, 5.41) is 8.80. The molecule has 1 N–H and O–H groups in total. The van der Waals surface area contributed by atoms with Gasteiger partial charge in [0, 0.05) is 0 Å². The molecule has 0 amide bonds. The van der Waals surface area contributed by atoms with Gasteiger partial charge in [0.15, 0.2) is 0 Å². The zero-order valence-electron chi connectivity index (χ0n) is 8.77. The normalized spacial score (nSPS) is 12.6. The molecular weight excluding hydrogens is 219 g/mol. The fourth-order valence-electron chi connectivity index (χ4n) is 1.51. The van der Waals surface area contributed by atoms with Crippen molar-refractivity contribution in [1.29, 1.82) is 0 Å². The first-order chi connectivity index (χ1) is 6.86. The minimum atomic E-state index is -1.01. The molecule has 0 spiro atoms. The van der Waals surface area contributed by atoms with E-state index in [1.54, 1.807) is 13.8 Å². The monoisotopic (exact) mass is 230 g/mol. The number of hydrogen-bond acceptors (Lipinski definition) is 1. The van der Waals surface area contributed by atoms with Crippen LogP contribution in [0.15, 0.2) is 6.07 Å². The van der Waals surface area contributed by atoms with E-state index in [-0.39, 0.29) is 5.02 Å². The molecule has 0 radical (unpaired) electrons. The minimum absolute atomic E-state index is 0.0898. The van der Waals surface area contributed by atoms with Crippen LogP contribution in [0.2, 0.25) is 5.02 Å². The van der Waals surface area contributed by atoms with Crippen LogP contribution in [-0.2, 0) is 4.79 Å². The second kappa shape index (κ2) is 4.19. The number of aliphatic carboxylic acids is 1. The van der Waals surface area contributed by atoms with E-state index in [1.165, 1.54) is 13.0 Å². The Labute approximate surface area is 92.7 Å². The molecule has 2 nitrogen and oxygen atoms in total. The summed E-state index contributed by atoms with van der Waals surface area (Å²) in [6.07, 6.45) is 0. The van der Waals surface area contributed by atoms with Gasteiger partial charge in [-0.15, -0.1) is 0 Å². The number of benzene rings is 1. The van der Waals surface area contributed by atoms with Crippen molar-refractivity contribution >= 4 is 17.6 Å². The van der Waals surface area contributed by atoms with Gasteiger partial charge in [0.2, 0.25) is 0 Å². The average Bonchev–Trinajstić information content (AvgIpc) is 2.15. The third-order valence-electron chi connectivity index (χ3n) is 2.59. The van der Waals surface area contributed by atoms with Crippen molar-refractivity contribution in [2.24, 2.45) is 0 Å². The van der Waals surface area contributed by atoms with Gasteiger partial charge < -0.3 is 5.11 Å². The van der Waals surface area contributed by atoms with Crippen molar-refractivity contribution in [2.75, 3.05) is 0 Å². The number of aryl methyl sites for hydroxylation is 1. The highest BCUT2D eigenvalue weighted by atomic mass is 35.5. The maximum absolute atomic E-state index is 13.3. The van der Waals surface area contributed by atoms with Gasteiger partial charge in [0.25, 0.3) is 0 Å². The van der Waals surface area contributed by atoms with E-state index in [0.29, 0.717) is 11.1 Å². The molecule has 0 aliphatic rings. The van der Waals surface area contributed by atoms with Crippen LogP contribution >= 0.6 is 11.6 Å². The quantitative estimate of drug-likeness (QED) is 0.847. The molecular formula is C11H12ClFO2. The molecule has 15 heavy (non-hydrogen) atoms. The standard InChI is InChI=1S/C11H12ClFO2/c1-5-4-8(13)10(12)9(6(5)2)7(3)11(14)15/h4,7H,1-3H3,(H,14,15). The van der Waals surface area contributed by atoms with Crippen molar-refractivity contribution in [3.63, 3.8) is 0 Å². The fraction of sp³-hybridized carbons (Fsp3) is 0.364. The van der Waals surface area contributed by atoms with E-state index in [4.69, 9.17) is 16.7 Å². The Balaban J connectivity index is 3.45. The molecule has 0 aliphatic heterocycles.